The summed E-state index contributed by atoms with van der Waals surface area (Å²) in [4.78, 5) is 14.3. The maximum absolute atomic E-state index is 12.2. The van der Waals surface area contributed by atoms with Crippen LogP contribution in [-0.4, -0.2) is 23.7 Å². The minimum atomic E-state index is -0.769. The van der Waals surface area contributed by atoms with Gasteiger partial charge in [-0.15, -0.1) is 11.3 Å². The van der Waals surface area contributed by atoms with Crippen LogP contribution >= 0.6 is 11.3 Å². The summed E-state index contributed by atoms with van der Waals surface area (Å²) in [7, 11) is 0. The molecule has 1 atom stereocenters. The van der Waals surface area contributed by atoms with Gasteiger partial charge in [-0.05, 0) is 51.5 Å². The van der Waals surface area contributed by atoms with Gasteiger partial charge in [-0.2, -0.15) is 0 Å². The fraction of sp³-hybridized carbons (Fsp3) is 0.389. The van der Waals surface area contributed by atoms with Crippen LogP contribution in [0.25, 0.3) is 0 Å². The average molecular weight is 333 g/mol. The molecule has 0 fully saturated rings. The topological polar surface area (TPSA) is 58.6 Å². The number of aryl methyl sites for hydroxylation is 2. The molecule has 23 heavy (non-hydrogen) atoms. The van der Waals surface area contributed by atoms with Gasteiger partial charge in [0.2, 0.25) is 0 Å². The Balaban J connectivity index is 1.98. The number of hydrogen-bond donors (Lipinski definition) is 2. The van der Waals surface area contributed by atoms with Crippen LogP contribution in [0.15, 0.2) is 30.3 Å². The van der Waals surface area contributed by atoms with Gasteiger partial charge in [0.1, 0.15) is 5.75 Å². The van der Waals surface area contributed by atoms with Crippen LogP contribution in [0.1, 0.15) is 45.6 Å². The van der Waals surface area contributed by atoms with E-state index >= 15 is 0 Å². The summed E-state index contributed by atoms with van der Waals surface area (Å²) < 4.78 is 5.62. The first-order valence-corrected chi connectivity index (χ1v) is 8.48. The molecule has 0 saturated heterocycles. The normalized spacial score (nSPS) is 12.3. The zero-order chi connectivity index (χ0) is 17.0. The number of hydrogen-bond acceptors (Lipinski definition) is 4. The van der Waals surface area contributed by atoms with Crippen LogP contribution in [-0.2, 0) is 0 Å². The van der Waals surface area contributed by atoms with Gasteiger partial charge >= 0.3 is 0 Å². The van der Waals surface area contributed by atoms with Gasteiger partial charge in [-0.3, -0.25) is 4.79 Å². The lowest BCUT2D eigenvalue weighted by molar-refractivity contribution is 0.0916. The van der Waals surface area contributed by atoms with Gasteiger partial charge in [0, 0.05) is 16.3 Å². The number of aliphatic hydroxyl groups excluding tert-OH is 1. The molecule has 4 nitrogen and oxygen atoms in total. The van der Waals surface area contributed by atoms with Crippen molar-refractivity contribution in [2.24, 2.45) is 0 Å². The van der Waals surface area contributed by atoms with Crippen LogP contribution in [0.4, 0.5) is 0 Å². The fourth-order valence-corrected chi connectivity index (χ4v) is 3.25. The SMILES string of the molecule is Cc1cc(C(=O)NCC(O)c2cccc(OC(C)C)c2)c(C)s1. The molecule has 2 N–H and O–H groups in total. The standard InChI is InChI=1S/C18H23NO3S/c1-11(2)22-15-7-5-6-14(9-15)17(20)10-19-18(21)16-8-12(3)23-13(16)4/h5-9,11,17,20H,10H2,1-4H3,(H,19,21). The Morgan fingerprint density at radius 1 is 1.30 bits per heavy atom. The molecule has 0 saturated carbocycles. The Hall–Kier alpha value is -1.85. The molecule has 1 aromatic heterocycles. The van der Waals surface area contributed by atoms with E-state index in [1.54, 1.807) is 17.4 Å². The van der Waals surface area contributed by atoms with E-state index in [0.717, 1.165) is 15.3 Å². The Bertz CT molecular complexity index is 679. The van der Waals surface area contributed by atoms with Crippen LogP contribution in [0.3, 0.4) is 0 Å². The molecule has 1 amide bonds. The molecule has 2 rings (SSSR count). The molecule has 0 bridgehead atoms. The maximum atomic E-state index is 12.2. The molecule has 1 unspecified atom stereocenters. The third-order valence-electron chi connectivity index (χ3n) is 3.36. The van der Waals surface area contributed by atoms with Crippen molar-refractivity contribution in [3.05, 3.63) is 51.2 Å². The molecule has 0 aliphatic carbocycles. The monoisotopic (exact) mass is 333 g/mol. The zero-order valence-corrected chi connectivity index (χ0v) is 14.7. The second-order valence-electron chi connectivity index (χ2n) is 5.79. The maximum Gasteiger partial charge on any atom is 0.252 e. The first kappa shape index (κ1) is 17.5. The minimum Gasteiger partial charge on any atom is -0.491 e. The molecule has 5 heteroatoms. The van der Waals surface area contributed by atoms with Crippen molar-refractivity contribution >= 4 is 17.2 Å². The average Bonchev–Trinajstić information content (AvgIpc) is 2.83. The van der Waals surface area contributed by atoms with Crippen molar-refractivity contribution in [3.63, 3.8) is 0 Å². The van der Waals surface area contributed by atoms with E-state index < -0.39 is 6.10 Å². The Kier molecular flexibility index (Phi) is 5.80. The Morgan fingerprint density at radius 3 is 2.65 bits per heavy atom. The lowest BCUT2D eigenvalue weighted by Gasteiger charge is -2.15. The van der Waals surface area contributed by atoms with Crippen LogP contribution in [0, 0.1) is 13.8 Å². The molecule has 1 aromatic carbocycles. The van der Waals surface area contributed by atoms with E-state index in [0.29, 0.717) is 11.3 Å². The minimum absolute atomic E-state index is 0.0758. The number of nitrogens with one attached hydrogen (secondary N) is 1. The molecule has 0 radical (unpaired) electrons. The fourth-order valence-electron chi connectivity index (χ4n) is 2.33. The molecular formula is C18H23NO3S. The van der Waals surface area contributed by atoms with Gasteiger partial charge in [-0.1, -0.05) is 12.1 Å². The van der Waals surface area contributed by atoms with Gasteiger partial charge in [0.25, 0.3) is 5.91 Å². The van der Waals surface area contributed by atoms with Crippen LogP contribution in [0.5, 0.6) is 5.75 Å². The highest BCUT2D eigenvalue weighted by Gasteiger charge is 2.15. The first-order valence-electron chi connectivity index (χ1n) is 7.66. The number of rotatable bonds is 6. The van der Waals surface area contributed by atoms with Crippen molar-refractivity contribution in [2.45, 2.75) is 39.9 Å². The van der Waals surface area contributed by atoms with E-state index in [1.165, 1.54) is 0 Å². The quantitative estimate of drug-likeness (QED) is 0.849. The summed E-state index contributed by atoms with van der Waals surface area (Å²) in [6.07, 6.45) is -0.693. The van der Waals surface area contributed by atoms with E-state index in [2.05, 4.69) is 5.32 Å². The predicted molar refractivity (Wildman–Crippen MR) is 93.3 cm³/mol. The molecule has 124 valence electrons. The van der Waals surface area contributed by atoms with Crippen molar-refractivity contribution in [1.29, 1.82) is 0 Å². The second kappa shape index (κ2) is 7.62. The Labute approximate surface area is 141 Å². The number of carbonyl (C=O) groups is 1. The van der Waals surface area contributed by atoms with Crippen LogP contribution in [0.2, 0.25) is 0 Å². The summed E-state index contributed by atoms with van der Waals surface area (Å²) in [6, 6.07) is 9.19. The molecule has 0 aliphatic rings. The summed E-state index contributed by atoms with van der Waals surface area (Å²) in [5, 5.41) is 13.1. The van der Waals surface area contributed by atoms with E-state index in [9.17, 15) is 9.90 Å². The highest BCUT2D eigenvalue weighted by Crippen LogP contribution is 2.22. The third-order valence-corrected chi connectivity index (χ3v) is 4.32. The lowest BCUT2D eigenvalue weighted by Crippen LogP contribution is -2.28. The lowest BCUT2D eigenvalue weighted by atomic mass is 10.1. The predicted octanol–water partition coefficient (Wildman–Crippen LogP) is 3.62. The molecule has 2 aromatic rings. The van der Waals surface area contributed by atoms with E-state index in [1.807, 2.05) is 52.0 Å². The van der Waals surface area contributed by atoms with Crippen molar-refractivity contribution in [1.82, 2.24) is 5.32 Å². The summed E-state index contributed by atoms with van der Waals surface area (Å²) in [5.41, 5.74) is 1.40. The van der Waals surface area contributed by atoms with Gasteiger partial charge in [0.05, 0.1) is 17.8 Å². The van der Waals surface area contributed by atoms with E-state index in [-0.39, 0.29) is 18.6 Å². The zero-order valence-electron chi connectivity index (χ0n) is 13.9. The van der Waals surface area contributed by atoms with Crippen molar-refractivity contribution in [3.8, 4) is 5.75 Å². The molecule has 1 heterocycles. The van der Waals surface area contributed by atoms with Gasteiger partial charge < -0.3 is 15.2 Å². The smallest absolute Gasteiger partial charge is 0.252 e. The second-order valence-corrected chi connectivity index (χ2v) is 7.25. The highest BCUT2D eigenvalue weighted by molar-refractivity contribution is 7.12. The number of thiophene rings is 1. The number of aliphatic hydroxyl groups is 1. The molecule has 0 aliphatic heterocycles. The Morgan fingerprint density at radius 2 is 2.04 bits per heavy atom. The number of amides is 1. The van der Waals surface area contributed by atoms with Gasteiger partial charge in [0.15, 0.2) is 0 Å². The number of ether oxygens (including phenoxy) is 1. The number of benzene rings is 1. The first-order chi connectivity index (χ1) is 10.9. The van der Waals surface area contributed by atoms with Crippen LogP contribution < -0.4 is 10.1 Å². The third kappa shape index (κ3) is 4.81. The summed E-state index contributed by atoms with van der Waals surface area (Å²) in [5.74, 6) is 0.563. The largest absolute Gasteiger partial charge is 0.491 e. The van der Waals surface area contributed by atoms with Crippen molar-refractivity contribution < 1.29 is 14.6 Å². The summed E-state index contributed by atoms with van der Waals surface area (Å²) >= 11 is 1.60. The summed E-state index contributed by atoms with van der Waals surface area (Å²) in [6.45, 7) is 7.97. The highest BCUT2D eigenvalue weighted by atomic mass is 32.1. The molecular weight excluding hydrogens is 310 g/mol. The van der Waals surface area contributed by atoms with Gasteiger partial charge in [-0.25, -0.2) is 0 Å². The molecule has 0 spiro atoms. The number of carbonyl (C=O) groups excluding carboxylic acids is 1. The van der Waals surface area contributed by atoms with E-state index in [4.69, 9.17) is 4.74 Å². The van der Waals surface area contributed by atoms with Crippen molar-refractivity contribution in [2.75, 3.05) is 6.54 Å².